The van der Waals surface area contributed by atoms with Gasteiger partial charge in [0.1, 0.15) is 12.8 Å². The molecule has 1 saturated carbocycles. The van der Waals surface area contributed by atoms with Crippen molar-refractivity contribution in [2.24, 2.45) is 0 Å². The van der Waals surface area contributed by atoms with Gasteiger partial charge in [0.05, 0.1) is 5.54 Å². The van der Waals surface area contributed by atoms with E-state index < -0.39 is 0 Å². The van der Waals surface area contributed by atoms with Gasteiger partial charge in [-0.25, -0.2) is 0 Å². The van der Waals surface area contributed by atoms with E-state index in [4.69, 9.17) is 4.74 Å². The summed E-state index contributed by atoms with van der Waals surface area (Å²) in [6.45, 7) is 6.06. The third-order valence-electron chi connectivity index (χ3n) is 3.48. The summed E-state index contributed by atoms with van der Waals surface area (Å²) in [5.74, 6) is 0.222. The highest BCUT2D eigenvalue weighted by molar-refractivity contribution is 5.90. The molecule has 3 heteroatoms. The summed E-state index contributed by atoms with van der Waals surface area (Å²) in [6.07, 6.45) is 5.30. The van der Waals surface area contributed by atoms with Crippen LogP contribution >= 0.6 is 0 Å². The van der Waals surface area contributed by atoms with E-state index in [1.165, 1.54) is 6.42 Å². The molecule has 0 radical (unpaired) electrons. The number of carbonyl (C=O) groups is 1. The quantitative estimate of drug-likeness (QED) is 0.669. The zero-order chi connectivity index (χ0) is 10.9. The van der Waals surface area contributed by atoms with Crippen LogP contribution in [0.2, 0.25) is 0 Å². The normalized spacial score (nSPS) is 30.5. The molecule has 3 nitrogen and oxygen atoms in total. The number of hydrogen-bond acceptors (Lipinski definition) is 3. The fourth-order valence-electron chi connectivity index (χ4n) is 2.51. The maximum absolute atomic E-state index is 11.9. The Balaban J connectivity index is 2.13. The highest BCUT2D eigenvalue weighted by atomic mass is 16.5. The maximum Gasteiger partial charge on any atom is 0.178 e. The van der Waals surface area contributed by atoms with Crippen molar-refractivity contribution in [1.82, 2.24) is 5.32 Å². The Bertz CT molecular complexity index is 279. The number of ketones is 1. The average molecular weight is 209 g/mol. The summed E-state index contributed by atoms with van der Waals surface area (Å²) in [5, 5.41) is 3.35. The van der Waals surface area contributed by atoms with Gasteiger partial charge in [0.2, 0.25) is 0 Å². The summed E-state index contributed by atoms with van der Waals surface area (Å²) in [7, 11) is 0. The monoisotopic (exact) mass is 209 g/mol. The molecule has 1 N–H and O–H groups in total. The van der Waals surface area contributed by atoms with Crippen molar-refractivity contribution in [1.29, 1.82) is 0 Å². The van der Waals surface area contributed by atoms with Gasteiger partial charge in [-0.3, -0.25) is 10.1 Å². The van der Waals surface area contributed by atoms with Gasteiger partial charge >= 0.3 is 0 Å². The Labute approximate surface area is 90.9 Å². The number of carbonyl (C=O) groups excluding carboxylic acids is 1. The van der Waals surface area contributed by atoms with Crippen molar-refractivity contribution in [3.63, 3.8) is 0 Å². The molecule has 0 amide bonds. The SMILES string of the molecule is C=C(C)C1NC2(CCCCC2)C(=O)CO1. The molecule has 1 aliphatic heterocycles. The van der Waals surface area contributed by atoms with Gasteiger partial charge in [0, 0.05) is 0 Å². The average Bonchev–Trinajstić information content (AvgIpc) is 2.23. The first-order chi connectivity index (χ1) is 7.14. The molecule has 1 atom stereocenters. The van der Waals surface area contributed by atoms with Crippen LogP contribution < -0.4 is 5.32 Å². The fourth-order valence-corrected chi connectivity index (χ4v) is 2.51. The smallest absolute Gasteiger partial charge is 0.178 e. The molecule has 84 valence electrons. The van der Waals surface area contributed by atoms with E-state index in [0.717, 1.165) is 31.3 Å². The minimum Gasteiger partial charge on any atom is -0.352 e. The minimum atomic E-state index is -0.305. The summed E-state index contributed by atoms with van der Waals surface area (Å²) in [4.78, 5) is 11.9. The van der Waals surface area contributed by atoms with E-state index in [2.05, 4.69) is 11.9 Å². The van der Waals surface area contributed by atoms with Crippen molar-refractivity contribution in [3.8, 4) is 0 Å². The Morgan fingerprint density at radius 3 is 2.73 bits per heavy atom. The second kappa shape index (κ2) is 4.06. The van der Waals surface area contributed by atoms with Crippen LogP contribution in [0.3, 0.4) is 0 Å². The van der Waals surface area contributed by atoms with Crippen molar-refractivity contribution in [3.05, 3.63) is 12.2 Å². The number of Topliss-reactive ketones (excluding diaryl/α,β-unsaturated/α-hetero) is 1. The second-order valence-corrected chi connectivity index (χ2v) is 4.75. The molecule has 0 aromatic carbocycles. The van der Waals surface area contributed by atoms with Crippen LogP contribution in [0, 0.1) is 0 Å². The molecule has 1 saturated heterocycles. The third kappa shape index (κ3) is 1.99. The van der Waals surface area contributed by atoms with E-state index in [1.54, 1.807) is 0 Å². The zero-order valence-corrected chi connectivity index (χ0v) is 9.34. The first-order valence-electron chi connectivity index (χ1n) is 5.72. The molecule has 0 bridgehead atoms. The van der Waals surface area contributed by atoms with Gasteiger partial charge in [-0.15, -0.1) is 0 Å². The van der Waals surface area contributed by atoms with E-state index in [-0.39, 0.29) is 24.2 Å². The van der Waals surface area contributed by atoms with E-state index >= 15 is 0 Å². The van der Waals surface area contributed by atoms with Gasteiger partial charge < -0.3 is 4.74 Å². The number of ether oxygens (including phenoxy) is 1. The first kappa shape index (κ1) is 10.8. The van der Waals surface area contributed by atoms with Gasteiger partial charge in [-0.2, -0.15) is 0 Å². The number of nitrogens with one attached hydrogen (secondary N) is 1. The Morgan fingerprint density at radius 1 is 1.47 bits per heavy atom. The van der Waals surface area contributed by atoms with Crippen molar-refractivity contribution < 1.29 is 9.53 Å². The Kier molecular flexibility index (Phi) is 2.94. The summed E-state index contributed by atoms with van der Waals surface area (Å²) >= 11 is 0. The molecule has 1 unspecified atom stereocenters. The summed E-state index contributed by atoms with van der Waals surface area (Å²) in [6, 6.07) is 0. The molecule has 0 aromatic heterocycles. The molecule has 15 heavy (non-hydrogen) atoms. The van der Waals surface area contributed by atoms with Gasteiger partial charge in [0.25, 0.3) is 0 Å². The largest absolute Gasteiger partial charge is 0.352 e. The van der Waals surface area contributed by atoms with E-state index in [9.17, 15) is 4.79 Å². The highest BCUT2D eigenvalue weighted by Crippen LogP contribution is 2.32. The summed E-state index contributed by atoms with van der Waals surface area (Å²) in [5.41, 5.74) is 0.646. The van der Waals surface area contributed by atoms with Crippen LogP contribution in [-0.2, 0) is 9.53 Å². The summed E-state index contributed by atoms with van der Waals surface area (Å²) < 4.78 is 5.42. The highest BCUT2D eigenvalue weighted by Gasteiger charge is 2.43. The molecule has 2 rings (SSSR count). The predicted octanol–water partition coefficient (Wildman–Crippen LogP) is 1.78. The lowest BCUT2D eigenvalue weighted by atomic mass is 9.77. The molecule has 1 aliphatic carbocycles. The lowest BCUT2D eigenvalue weighted by Crippen LogP contribution is -2.63. The van der Waals surface area contributed by atoms with Crippen LogP contribution in [0.25, 0.3) is 0 Å². The van der Waals surface area contributed by atoms with Crippen molar-refractivity contribution in [2.75, 3.05) is 6.61 Å². The molecule has 1 spiro atoms. The first-order valence-corrected chi connectivity index (χ1v) is 5.72. The van der Waals surface area contributed by atoms with Gasteiger partial charge in [-0.05, 0) is 25.3 Å². The lowest BCUT2D eigenvalue weighted by Gasteiger charge is -2.43. The molecule has 2 aliphatic rings. The van der Waals surface area contributed by atoms with Crippen molar-refractivity contribution >= 4 is 5.78 Å². The predicted molar refractivity (Wildman–Crippen MR) is 58.5 cm³/mol. The lowest BCUT2D eigenvalue weighted by molar-refractivity contribution is -0.144. The maximum atomic E-state index is 11.9. The van der Waals surface area contributed by atoms with Crippen LogP contribution in [0.15, 0.2) is 12.2 Å². The van der Waals surface area contributed by atoms with E-state index in [0.29, 0.717) is 0 Å². The second-order valence-electron chi connectivity index (χ2n) is 4.75. The van der Waals surface area contributed by atoms with Crippen LogP contribution in [0.4, 0.5) is 0 Å². The zero-order valence-electron chi connectivity index (χ0n) is 9.34. The molecule has 0 aromatic rings. The third-order valence-corrected chi connectivity index (χ3v) is 3.48. The Hall–Kier alpha value is -0.670. The molecular formula is C12H19NO2. The van der Waals surface area contributed by atoms with Crippen LogP contribution in [0.5, 0.6) is 0 Å². The molecule has 1 heterocycles. The van der Waals surface area contributed by atoms with Crippen molar-refractivity contribution in [2.45, 2.75) is 50.8 Å². The number of hydrogen-bond donors (Lipinski definition) is 1. The Morgan fingerprint density at radius 2 is 2.13 bits per heavy atom. The topological polar surface area (TPSA) is 38.3 Å². The van der Waals surface area contributed by atoms with E-state index in [1.807, 2.05) is 6.92 Å². The van der Waals surface area contributed by atoms with Crippen LogP contribution in [-0.4, -0.2) is 24.2 Å². The van der Waals surface area contributed by atoms with Gasteiger partial charge in [-0.1, -0.05) is 25.8 Å². The standard InChI is InChI=1S/C12H19NO2/c1-9(2)11-13-12(10(14)8-15-11)6-4-3-5-7-12/h11,13H,1,3-8H2,2H3. The minimum absolute atomic E-state index is 0.138. The van der Waals surface area contributed by atoms with Gasteiger partial charge in [0.15, 0.2) is 5.78 Å². The fraction of sp³-hybridized carbons (Fsp3) is 0.750. The number of rotatable bonds is 1. The molecular weight excluding hydrogens is 190 g/mol. The molecule has 2 fully saturated rings. The van der Waals surface area contributed by atoms with Crippen LogP contribution in [0.1, 0.15) is 39.0 Å².